The van der Waals surface area contributed by atoms with Crippen molar-refractivity contribution in [1.82, 2.24) is 19.6 Å². The Bertz CT molecular complexity index is 510. The van der Waals surface area contributed by atoms with Gasteiger partial charge < -0.3 is 9.80 Å². The van der Waals surface area contributed by atoms with Gasteiger partial charge in [-0.05, 0) is 6.07 Å². The second-order valence-corrected chi connectivity index (χ2v) is 5.14. The lowest BCUT2D eigenvalue weighted by Crippen LogP contribution is -2.35. The zero-order valence-electron chi connectivity index (χ0n) is 10.5. The summed E-state index contributed by atoms with van der Waals surface area (Å²) in [5.74, 6) is 0.423. The second-order valence-electron chi connectivity index (χ2n) is 5.14. The van der Waals surface area contributed by atoms with Crippen LogP contribution in [0.25, 0.3) is 0 Å². The Balaban J connectivity index is 1.76. The van der Waals surface area contributed by atoms with E-state index in [4.69, 9.17) is 0 Å². The number of fused-ring (bicyclic) bond motifs is 1. The third-order valence-corrected chi connectivity index (χ3v) is 3.97. The lowest BCUT2D eigenvalue weighted by Gasteiger charge is -2.19. The Labute approximate surface area is 105 Å². The SMILES string of the molecule is CN1C[C@@H]2CN(C(=O)c3ccnn3C)C[C@H]2C1=O. The smallest absolute Gasteiger partial charge is 0.272 e. The van der Waals surface area contributed by atoms with Gasteiger partial charge in [0, 0.05) is 45.8 Å². The van der Waals surface area contributed by atoms with Crippen LogP contribution in [0.3, 0.4) is 0 Å². The summed E-state index contributed by atoms with van der Waals surface area (Å²) in [5.41, 5.74) is 0.579. The number of nitrogens with zero attached hydrogens (tertiary/aromatic N) is 4. The van der Waals surface area contributed by atoms with Crippen LogP contribution in [0.5, 0.6) is 0 Å². The quantitative estimate of drug-likeness (QED) is 0.678. The van der Waals surface area contributed by atoms with Crippen LogP contribution in [0, 0.1) is 11.8 Å². The van der Waals surface area contributed by atoms with Crippen LogP contribution in [0.4, 0.5) is 0 Å². The topological polar surface area (TPSA) is 58.4 Å². The molecule has 2 aliphatic rings. The third kappa shape index (κ3) is 1.52. The maximum atomic E-state index is 12.3. The maximum absolute atomic E-state index is 12.3. The fourth-order valence-corrected chi connectivity index (χ4v) is 2.97. The van der Waals surface area contributed by atoms with Crippen molar-refractivity contribution in [3.63, 3.8) is 0 Å². The molecule has 96 valence electrons. The number of carbonyl (C=O) groups is 2. The van der Waals surface area contributed by atoms with Crippen molar-refractivity contribution in [3.05, 3.63) is 18.0 Å². The highest BCUT2D eigenvalue weighted by molar-refractivity contribution is 5.93. The number of carbonyl (C=O) groups excluding carboxylic acids is 2. The molecule has 1 aromatic rings. The fourth-order valence-electron chi connectivity index (χ4n) is 2.97. The number of hydrogen-bond acceptors (Lipinski definition) is 3. The average molecular weight is 248 g/mol. The van der Waals surface area contributed by atoms with Gasteiger partial charge in [-0.25, -0.2) is 0 Å². The molecule has 0 saturated carbocycles. The van der Waals surface area contributed by atoms with Crippen LogP contribution in [-0.2, 0) is 11.8 Å². The molecule has 6 heteroatoms. The Kier molecular flexibility index (Phi) is 2.39. The first-order chi connectivity index (χ1) is 8.58. The first-order valence-electron chi connectivity index (χ1n) is 6.10. The van der Waals surface area contributed by atoms with Crippen LogP contribution >= 0.6 is 0 Å². The van der Waals surface area contributed by atoms with Crippen molar-refractivity contribution in [2.75, 3.05) is 26.7 Å². The molecule has 2 fully saturated rings. The number of amides is 2. The molecule has 0 bridgehead atoms. The first kappa shape index (κ1) is 11.3. The van der Waals surface area contributed by atoms with Crippen molar-refractivity contribution in [3.8, 4) is 0 Å². The highest BCUT2D eigenvalue weighted by atomic mass is 16.2. The molecule has 0 spiro atoms. The molecule has 3 rings (SSSR count). The van der Waals surface area contributed by atoms with Gasteiger partial charge in [-0.3, -0.25) is 14.3 Å². The van der Waals surface area contributed by atoms with Gasteiger partial charge in [0.25, 0.3) is 5.91 Å². The largest absolute Gasteiger partial charge is 0.345 e. The molecule has 0 unspecified atom stereocenters. The first-order valence-corrected chi connectivity index (χ1v) is 6.10. The van der Waals surface area contributed by atoms with Gasteiger partial charge in [0.05, 0.1) is 5.92 Å². The standard InChI is InChI=1S/C12H16N4O2/c1-14-5-8-6-16(7-9(8)11(14)17)12(18)10-3-4-13-15(10)2/h3-4,8-9H,5-7H2,1-2H3/t8-,9-/m1/s1. The van der Waals surface area contributed by atoms with Gasteiger partial charge in [-0.1, -0.05) is 0 Å². The van der Waals surface area contributed by atoms with Crippen LogP contribution in [0.2, 0.25) is 0 Å². The number of hydrogen-bond donors (Lipinski definition) is 0. The summed E-state index contributed by atoms with van der Waals surface area (Å²) in [6.45, 7) is 1.97. The fraction of sp³-hybridized carbons (Fsp3) is 0.583. The number of aryl methyl sites for hydroxylation is 1. The van der Waals surface area contributed by atoms with Crippen molar-refractivity contribution in [1.29, 1.82) is 0 Å². The minimum Gasteiger partial charge on any atom is -0.345 e. The molecule has 2 aliphatic heterocycles. The number of rotatable bonds is 1. The Morgan fingerprint density at radius 3 is 2.72 bits per heavy atom. The summed E-state index contributed by atoms with van der Waals surface area (Å²) < 4.78 is 1.57. The summed E-state index contributed by atoms with van der Waals surface area (Å²) >= 11 is 0. The van der Waals surface area contributed by atoms with Gasteiger partial charge in [-0.2, -0.15) is 5.10 Å². The van der Waals surface area contributed by atoms with E-state index in [1.54, 1.807) is 33.8 Å². The van der Waals surface area contributed by atoms with E-state index in [9.17, 15) is 9.59 Å². The number of likely N-dealkylation sites (tertiary alicyclic amines) is 2. The Hall–Kier alpha value is -1.85. The molecule has 0 N–H and O–H groups in total. The predicted molar refractivity (Wildman–Crippen MR) is 63.7 cm³/mol. The zero-order valence-corrected chi connectivity index (χ0v) is 10.5. The lowest BCUT2D eigenvalue weighted by molar-refractivity contribution is -0.129. The minimum absolute atomic E-state index is 0.00724. The Morgan fingerprint density at radius 1 is 1.33 bits per heavy atom. The second kappa shape index (κ2) is 3.83. The van der Waals surface area contributed by atoms with Crippen molar-refractivity contribution in [2.24, 2.45) is 18.9 Å². The average Bonchev–Trinajstić information content (AvgIpc) is 2.98. The molecule has 0 radical (unpaired) electrons. The van der Waals surface area contributed by atoms with Crippen molar-refractivity contribution in [2.45, 2.75) is 0 Å². The number of aromatic nitrogens is 2. The normalized spacial score (nSPS) is 26.9. The zero-order chi connectivity index (χ0) is 12.9. The molecular formula is C12H16N4O2. The van der Waals surface area contributed by atoms with Crippen LogP contribution in [-0.4, -0.2) is 58.1 Å². The van der Waals surface area contributed by atoms with Gasteiger partial charge in [-0.15, -0.1) is 0 Å². The highest BCUT2D eigenvalue weighted by Crippen LogP contribution is 2.31. The molecule has 6 nitrogen and oxygen atoms in total. The summed E-state index contributed by atoms with van der Waals surface area (Å²) in [6.07, 6.45) is 1.61. The molecule has 0 aromatic carbocycles. The maximum Gasteiger partial charge on any atom is 0.272 e. The van der Waals surface area contributed by atoms with Crippen LogP contribution in [0.1, 0.15) is 10.5 Å². The van der Waals surface area contributed by atoms with Crippen LogP contribution in [0.15, 0.2) is 12.3 Å². The van der Waals surface area contributed by atoms with E-state index < -0.39 is 0 Å². The molecule has 1 aromatic heterocycles. The van der Waals surface area contributed by atoms with Crippen molar-refractivity contribution < 1.29 is 9.59 Å². The van der Waals surface area contributed by atoms with Crippen LogP contribution < -0.4 is 0 Å². The van der Waals surface area contributed by atoms with Gasteiger partial charge >= 0.3 is 0 Å². The van der Waals surface area contributed by atoms with E-state index in [-0.39, 0.29) is 17.7 Å². The van der Waals surface area contributed by atoms with E-state index in [2.05, 4.69) is 5.10 Å². The predicted octanol–water partition coefficient (Wildman–Crippen LogP) is -0.420. The third-order valence-electron chi connectivity index (χ3n) is 3.97. The van der Waals surface area contributed by atoms with E-state index in [1.165, 1.54) is 0 Å². The molecule has 0 aliphatic carbocycles. The van der Waals surface area contributed by atoms with E-state index in [1.807, 2.05) is 7.05 Å². The molecular weight excluding hydrogens is 232 g/mol. The molecule has 18 heavy (non-hydrogen) atoms. The van der Waals surface area contributed by atoms with E-state index in [0.717, 1.165) is 6.54 Å². The summed E-state index contributed by atoms with van der Waals surface area (Å²) in [7, 11) is 3.58. The lowest BCUT2D eigenvalue weighted by atomic mass is 10.0. The van der Waals surface area contributed by atoms with Gasteiger partial charge in [0.1, 0.15) is 5.69 Å². The summed E-state index contributed by atoms with van der Waals surface area (Å²) in [6, 6.07) is 1.71. The van der Waals surface area contributed by atoms with Gasteiger partial charge in [0.15, 0.2) is 0 Å². The van der Waals surface area contributed by atoms with Crippen molar-refractivity contribution >= 4 is 11.8 Å². The monoisotopic (exact) mass is 248 g/mol. The molecule has 2 atom stereocenters. The molecule has 2 saturated heterocycles. The minimum atomic E-state index is -0.0279. The Morgan fingerprint density at radius 2 is 2.11 bits per heavy atom. The molecule has 2 amide bonds. The van der Waals surface area contributed by atoms with E-state index >= 15 is 0 Å². The highest BCUT2D eigenvalue weighted by Gasteiger charge is 2.46. The summed E-state index contributed by atoms with van der Waals surface area (Å²) in [5, 5.41) is 4.00. The van der Waals surface area contributed by atoms with E-state index in [0.29, 0.717) is 24.7 Å². The summed E-state index contributed by atoms with van der Waals surface area (Å²) in [4.78, 5) is 27.7. The van der Waals surface area contributed by atoms with Gasteiger partial charge in [0.2, 0.25) is 5.91 Å². The molecule has 3 heterocycles.